The summed E-state index contributed by atoms with van der Waals surface area (Å²) < 4.78 is 1.34. The van der Waals surface area contributed by atoms with E-state index in [0.717, 1.165) is 0 Å². The summed E-state index contributed by atoms with van der Waals surface area (Å²) in [5, 5.41) is 18.3. The van der Waals surface area contributed by atoms with Gasteiger partial charge < -0.3 is 0 Å². The second-order valence-corrected chi connectivity index (χ2v) is 3.30. The van der Waals surface area contributed by atoms with Crippen LogP contribution in [0.15, 0.2) is 30.5 Å². The van der Waals surface area contributed by atoms with Crippen molar-refractivity contribution in [3.8, 4) is 5.69 Å². The molecular weight excluding hydrogens is 232 g/mol. The summed E-state index contributed by atoms with van der Waals surface area (Å²) in [6.07, 6.45) is 1.56. The van der Waals surface area contributed by atoms with E-state index in [9.17, 15) is 10.1 Å². The van der Waals surface area contributed by atoms with Crippen molar-refractivity contribution in [3.05, 3.63) is 46.3 Å². The monoisotopic (exact) mass is 238 g/mol. The van der Waals surface area contributed by atoms with E-state index in [-0.39, 0.29) is 11.6 Å². The van der Waals surface area contributed by atoms with Crippen LogP contribution in [0.25, 0.3) is 5.69 Å². The van der Waals surface area contributed by atoms with Crippen LogP contribution in [0, 0.1) is 10.1 Å². The number of aromatic nitrogens is 3. The van der Waals surface area contributed by atoms with E-state index < -0.39 is 4.92 Å². The Hall–Kier alpha value is -1.95. The van der Waals surface area contributed by atoms with Gasteiger partial charge in [0, 0.05) is 6.07 Å². The Morgan fingerprint density at radius 3 is 2.81 bits per heavy atom. The minimum Gasteiger partial charge on any atom is -0.258 e. The van der Waals surface area contributed by atoms with Gasteiger partial charge in [-0.05, 0) is 6.07 Å². The molecule has 1 aromatic heterocycles. The van der Waals surface area contributed by atoms with Crippen LogP contribution in [-0.4, -0.2) is 19.9 Å². The maximum absolute atomic E-state index is 10.8. The molecule has 0 bridgehead atoms. The Morgan fingerprint density at radius 2 is 2.19 bits per heavy atom. The molecule has 7 heteroatoms. The summed E-state index contributed by atoms with van der Waals surface area (Å²) >= 11 is 5.58. The van der Waals surface area contributed by atoms with Gasteiger partial charge in [0.15, 0.2) is 0 Å². The zero-order chi connectivity index (χ0) is 11.5. The standard InChI is InChI=1S/C9H7ClN4O2/c10-5-7-6-13(12-11-7)8-3-1-2-4-9(8)14(15)16/h1-4,6H,5H2. The Balaban J connectivity index is 2.50. The summed E-state index contributed by atoms with van der Waals surface area (Å²) in [5.41, 5.74) is 0.921. The van der Waals surface area contributed by atoms with Crippen molar-refractivity contribution >= 4 is 17.3 Å². The first-order chi connectivity index (χ1) is 7.72. The molecule has 0 aliphatic heterocycles. The minimum absolute atomic E-state index is 0.0199. The van der Waals surface area contributed by atoms with E-state index in [4.69, 9.17) is 11.6 Å². The second kappa shape index (κ2) is 4.28. The van der Waals surface area contributed by atoms with Gasteiger partial charge >= 0.3 is 0 Å². The first-order valence-corrected chi connectivity index (χ1v) is 4.97. The first-order valence-electron chi connectivity index (χ1n) is 4.43. The SMILES string of the molecule is O=[N+]([O-])c1ccccc1-n1cc(CCl)nn1. The zero-order valence-corrected chi connectivity index (χ0v) is 8.83. The molecule has 6 nitrogen and oxygen atoms in total. The number of halogens is 1. The number of para-hydroxylation sites is 2. The summed E-state index contributed by atoms with van der Waals surface area (Å²) in [6.45, 7) is 0. The highest BCUT2D eigenvalue weighted by atomic mass is 35.5. The van der Waals surface area contributed by atoms with Crippen LogP contribution in [-0.2, 0) is 5.88 Å². The van der Waals surface area contributed by atoms with Crippen LogP contribution in [0.3, 0.4) is 0 Å². The van der Waals surface area contributed by atoms with Crippen molar-refractivity contribution in [2.75, 3.05) is 0 Å². The molecule has 2 rings (SSSR count). The van der Waals surface area contributed by atoms with Crippen LogP contribution in [0.4, 0.5) is 5.69 Å². The van der Waals surface area contributed by atoms with Crippen LogP contribution >= 0.6 is 11.6 Å². The fourth-order valence-electron chi connectivity index (χ4n) is 1.29. The van der Waals surface area contributed by atoms with E-state index in [0.29, 0.717) is 11.4 Å². The van der Waals surface area contributed by atoms with Crippen molar-refractivity contribution < 1.29 is 4.92 Å². The Labute approximate surface area is 95.6 Å². The average molecular weight is 239 g/mol. The highest BCUT2D eigenvalue weighted by Crippen LogP contribution is 2.21. The largest absolute Gasteiger partial charge is 0.294 e. The van der Waals surface area contributed by atoms with Gasteiger partial charge in [-0.3, -0.25) is 10.1 Å². The Kier molecular flexibility index (Phi) is 2.82. The summed E-state index contributed by atoms with van der Waals surface area (Å²) in [6, 6.07) is 6.31. The molecule has 0 spiro atoms. The smallest absolute Gasteiger partial charge is 0.258 e. The number of hydrogen-bond donors (Lipinski definition) is 0. The zero-order valence-electron chi connectivity index (χ0n) is 8.08. The molecule has 0 atom stereocenters. The average Bonchev–Trinajstić information content (AvgIpc) is 2.77. The predicted molar refractivity (Wildman–Crippen MR) is 57.6 cm³/mol. The Morgan fingerprint density at radius 1 is 1.44 bits per heavy atom. The number of rotatable bonds is 3. The van der Waals surface area contributed by atoms with Crippen molar-refractivity contribution in [2.24, 2.45) is 0 Å². The van der Waals surface area contributed by atoms with Crippen LogP contribution in [0.2, 0.25) is 0 Å². The van der Waals surface area contributed by atoms with Crippen LogP contribution < -0.4 is 0 Å². The predicted octanol–water partition coefficient (Wildman–Crippen LogP) is 1.91. The summed E-state index contributed by atoms with van der Waals surface area (Å²) in [4.78, 5) is 10.3. The lowest BCUT2D eigenvalue weighted by Crippen LogP contribution is -2.00. The number of alkyl halides is 1. The normalized spacial score (nSPS) is 10.3. The van der Waals surface area contributed by atoms with E-state index in [2.05, 4.69) is 10.3 Å². The number of nitro benzene ring substituents is 1. The van der Waals surface area contributed by atoms with Crippen molar-refractivity contribution in [3.63, 3.8) is 0 Å². The lowest BCUT2D eigenvalue weighted by Gasteiger charge is -2.00. The lowest BCUT2D eigenvalue weighted by molar-refractivity contribution is -0.384. The fraction of sp³-hybridized carbons (Fsp3) is 0.111. The molecule has 82 valence electrons. The molecule has 0 aliphatic rings. The van der Waals surface area contributed by atoms with E-state index in [1.807, 2.05) is 0 Å². The number of nitro groups is 1. The molecule has 0 fully saturated rings. The first kappa shape index (κ1) is 10.6. The maximum atomic E-state index is 10.8. The highest BCUT2D eigenvalue weighted by molar-refractivity contribution is 6.16. The topological polar surface area (TPSA) is 73.8 Å². The van der Waals surface area contributed by atoms with Gasteiger partial charge in [0.25, 0.3) is 5.69 Å². The molecule has 2 aromatic rings. The summed E-state index contributed by atoms with van der Waals surface area (Å²) in [5.74, 6) is 0.223. The van der Waals surface area contributed by atoms with Crippen molar-refractivity contribution in [1.82, 2.24) is 15.0 Å². The van der Waals surface area contributed by atoms with E-state index >= 15 is 0 Å². The number of nitrogens with zero attached hydrogens (tertiary/aromatic N) is 4. The number of benzene rings is 1. The third kappa shape index (κ3) is 1.87. The molecule has 0 saturated heterocycles. The molecule has 16 heavy (non-hydrogen) atoms. The second-order valence-electron chi connectivity index (χ2n) is 3.03. The number of hydrogen-bond acceptors (Lipinski definition) is 4. The summed E-state index contributed by atoms with van der Waals surface area (Å²) in [7, 11) is 0. The van der Waals surface area contributed by atoms with Gasteiger partial charge in [-0.1, -0.05) is 17.3 Å². The molecule has 0 unspecified atom stereocenters. The van der Waals surface area contributed by atoms with Crippen molar-refractivity contribution in [1.29, 1.82) is 0 Å². The molecule has 0 saturated carbocycles. The highest BCUT2D eigenvalue weighted by Gasteiger charge is 2.15. The van der Waals surface area contributed by atoms with Crippen LogP contribution in [0.1, 0.15) is 5.69 Å². The van der Waals surface area contributed by atoms with E-state index in [1.165, 1.54) is 10.7 Å². The molecule has 0 aliphatic carbocycles. The minimum atomic E-state index is -0.461. The fourth-order valence-corrected chi connectivity index (χ4v) is 1.41. The van der Waals surface area contributed by atoms with E-state index in [1.54, 1.807) is 24.4 Å². The quantitative estimate of drug-likeness (QED) is 0.465. The molecule has 1 aromatic carbocycles. The van der Waals surface area contributed by atoms with Gasteiger partial charge in [-0.2, -0.15) is 0 Å². The third-order valence-electron chi connectivity index (χ3n) is 2.00. The Bertz CT molecular complexity index is 526. The molecule has 0 N–H and O–H groups in total. The van der Waals surface area contributed by atoms with Crippen molar-refractivity contribution in [2.45, 2.75) is 5.88 Å². The third-order valence-corrected chi connectivity index (χ3v) is 2.28. The molecular formula is C9H7ClN4O2. The van der Waals surface area contributed by atoms with Gasteiger partial charge in [-0.25, -0.2) is 4.68 Å². The van der Waals surface area contributed by atoms with Gasteiger partial charge in [0.2, 0.25) is 0 Å². The van der Waals surface area contributed by atoms with Gasteiger partial charge in [0.1, 0.15) is 5.69 Å². The maximum Gasteiger partial charge on any atom is 0.294 e. The lowest BCUT2D eigenvalue weighted by atomic mass is 10.3. The molecule has 0 amide bonds. The van der Waals surface area contributed by atoms with Crippen LogP contribution in [0.5, 0.6) is 0 Å². The molecule has 0 radical (unpaired) electrons. The molecule has 1 heterocycles. The van der Waals surface area contributed by atoms with Gasteiger partial charge in [-0.15, -0.1) is 16.7 Å². The van der Waals surface area contributed by atoms with Gasteiger partial charge in [0.05, 0.1) is 22.7 Å².